The standard InChI is InChI=1S/C13H9BrClNO/c1-8-4-10(7-16-6-8)13(17)9-2-3-12(15)11(14)5-9/h2-7H,1H3. The van der Waals surface area contributed by atoms with Crippen molar-refractivity contribution in [2.45, 2.75) is 6.92 Å². The smallest absolute Gasteiger partial charge is 0.194 e. The van der Waals surface area contributed by atoms with Gasteiger partial charge in [0.1, 0.15) is 0 Å². The van der Waals surface area contributed by atoms with E-state index in [2.05, 4.69) is 20.9 Å². The van der Waals surface area contributed by atoms with Gasteiger partial charge in [-0.25, -0.2) is 0 Å². The molecule has 2 rings (SSSR count). The van der Waals surface area contributed by atoms with Crippen LogP contribution in [0, 0.1) is 6.92 Å². The number of hydrogen-bond acceptors (Lipinski definition) is 2. The van der Waals surface area contributed by atoms with Crippen LogP contribution in [0.15, 0.2) is 41.1 Å². The average molecular weight is 311 g/mol. The van der Waals surface area contributed by atoms with E-state index in [1.165, 1.54) is 0 Å². The highest BCUT2D eigenvalue weighted by Gasteiger charge is 2.10. The lowest BCUT2D eigenvalue weighted by atomic mass is 10.0. The summed E-state index contributed by atoms with van der Waals surface area (Å²) in [6, 6.07) is 6.94. The van der Waals surface area contributed by atoms with E-state index in [1.54, 1.807) is 30.6 Å². The third-order valence-electron chi connectivity index (χ3n) is 2.32. The maximum absolute atomic E-state index is 12.2. The lowest BCUT2D eigenvalue weighted by Crippen LogP contribution is -2.02. The van der Waals surface area contributed by atoms with E-state index in [0.29, 0.717) is 20.6 Å². The Morgan fingerprint density at radius 1 is 1.24 bits per heavy atom. The van der Waals surface area contributed by atoms with Gasteiger partial charge in [0, 0.05) is 28.0 Å². The number of halogens is 2. The molecule has 4 heteroatoms. The Morgan fingerprint density at radius 3 is 2.65 bits per heavy atom. The SMILES string of the molecule is Cc1cncc(C(=O)c2ccc(Cl)c(Br)c2)c1. The molecule has 2 aromatic rings. The number of aromatic nitrogens is 1. The molecule has 0 amide bonds. The minimum atomic E-state index is -0.0569. The van der Waals surface area contributed by atoms with E-state index in [4.69, 9.17) is 11.6 Å². The van der Waals surface area contributed by atoms with E-state index in [1.807, 2.05) is 13.0 Å². The molecule has 0 saturated heterocycles. The zero-order valence-electron chi connectivity index (χ0n) is 9.08. The largest absolute Gasteiger partial charge is 0.289 e. The van der Waals surface area contributed by atoms with Crippen LogP contribution in [0.3, 0.4) is 0 Å². The van der Waals surface area contributed by atoms with E-state index >= 15 is 0 Å². The van der Waals surface area contributed by atoms with Gasteiger partial charge in [-0.3, -0.25) is 9.78 Å². The first kappa shape index (κ1) is 12.3. The van der Waals surface area contributed by atoms with Crippen molar-refractivity contribution < 1.29 is 4.79 Å². The van der Waals surface area contributed by atoms with Gasteiger partial charge >= 0.3 is 0 Å². The van der Waals surface area contributed by atoms with Crippen molar-refractivity contribution in [3.8, 4) is 0 Å². The first-order valence-corrected chi connectivity index (χ1v) is 6.16. The molecule has 2 nitrogen and oxygen atoms in total. The van der Waals surface area contributed by atoms with Gasteiger partial charge in [-0.05, 0) is 52.7 Å². The highest BCUT2D eigenvalue weighted by molar-refractivity contribution is 9.10. The predicted octanol–water partition coefficient (Wildman–Crippen LogP) is 4.04. The Bertz CT molecular complexity index is 583. The van der Waals surface area contributed by atoms with Gasteiger partial charge in [-0.1, -0.05) is 11.6 Å². The van der Waals surface area contributed by atoms with Gasteiger partial charge in [0.15, 0.2) is 5.78 Å². The second-order valence-corrected chi connectivity index (χ2v) is 4.97. The molecule has 17 heavy (non-hydrogen) atoms. The zero-order chi connectivity index (χ0) is 12.4. The number of carbonyl (C=O) groups is 1. The molecule has 0 atom stereocenters. The Balaban J connectivity index is 2.40. The zero-order valence-corrected chi connectivity index (χ0v) is 11.4. The monoisotopic (exact) mass is 309 g/mol. The number of ketones is 1. The van der Waals surface area contributed by atoms with Gasteiger partial charge in [0.05, 0.1) is 5.02 Å². The summed E-state index contributed by atoms with van der Waals surface area (Å²) >= 11 is 9.19. The van der Waals surface area contributed by atoms with Crippen LogP contribution in [-0.4, -0.2) is 10.8 Å². The van der Waals surface area contributed by atoms with Crippen molar-refractivity contribution in [1.82, 2.24) is 4.98 Å². The number of carbonyl (C=O) groups excluding carboxylic acids is 1. The Hall–Kier alpha value is -1.19. The van der Waals surface area contributed by atoms with Crippen molar-refractivity contribution in [1.29, 1.82) is 0 Å². The molecule has 0 aliphatic rings. The molecule has 1 aromatic heterocycles. The van der Waals surface area contributed by atoms with Crippen molar-refractivity contribution >= 4 is 33.3 Å². The molecule has 0 aliphatic carbocycles. The number of benzene rings is 1. The molecule has 0 N–H and O–H groups in total. The summed E-state index contributed by atoms with van der Waals surface area (Å²) in [5.41, 5.74) is 2.14. The molecule has 0 unspecified atom stereocenters. The third-order valence-corrected chi connectivity index (χ3v) is 3.53. The molecule has 0 spiro atoms. The van der Waals surface area contributed by atoms with E-state index < -0.39 is 0 Å². The van der Waals surface area contributed by atoms with Gasteiger partial charge in [0.2, 0.25) is 0 Å². The second kappa shape index (κ2) is 4.98. The van der Waals surface area contributed by atoms with Gasteiger partial charge in [0.25, 0.3) is 0 Å². The summed E-state index contributed by atoms with van der Waals surface area (Å²) in [7, 11) is 0. The van der Waals surface area contributed by atoms with E-state index in [-0.39, 0.29) is 5.78 Å². The van der Waals surface area contributed by atoms with Gasteiger partial charge in [-0.15, -0.1) is 0 Å². The van der Waals surface area contributed by atoms with Crippen LogP contribution in [0.2, 0.25) is 5.02 Å². The molecule has 86 valence electrons. The normalized spacial score (nSPS) is 10.3. The molecule has 0 saturated carbocycles. The molecule has 1 aromatic carbocycles. The molecule has 0 radical (unpaired) electrons. The fourth-order valence-corrected chi connectivity index (χ4v) is 1.98. The van der Waals surface area contributed by atoms with Crippen LogP contribution < -0.4 is 0 Å². The topological polar surface area (TPSA) is 30.0 Å². The number of aryl methyl sites for hydroxylation is 1. The number of nitrogens with zero attached hydrogens (tertiary/aromatic N) is 1. The Morgan fingerprint density at radius 2 is 2.00 bits per heavy atom. The van der Waals surface area contributed by atoms with Gasteiger partial charge < -0.3 is 0 Å². The minimum absolute atomic E-state index is 0.0569. The average Bonchev–Trinajstić information content (AvgIpc) is 2.32. The van der Waals surface area contributed by atoms with Crippen LogP contribution in [0.4, 0.5) is 0 Å². The first-order chi connectivity index (χ1) is 8.08. The van der Waals surface area contributed by atoms with Crippen molar-refractivity contribution in [3.63, 3.8) is 0 Å². The highest BCUT2D eigenvalue weighted by atomic mass is 79.9. The van der Waals surface area contributed by atoms with Crippen LogP contribution in [-0.2, 0) is 0 Å². The van der Waals surface area contributed by atoms with Crippen molar-refractivity contribution in [2.24, 2.45) is 0 Å². The minimum Gasteiger partial charge on any atom is -0.289 e. The lowest BCUT2D eigenvalue weighted by molar-refractivity contribution is 0.103. The number of rotatable bonds is 2. The Kier molecular flexibility index (Phi) is 3.60. The first-order valence-electron chi connectivity index (χ1n) is 4.99. The van der Waals surface area contributed by atoms with Gasteiger partial charge in [-0.2, -0.15) is 0 Å². The van der Waals surface area contributed by atoms with Crippen LogP contribution >= 0.6 is 27.5 Å². The fourth-order valence-electron chi connectivity index (χ4n) is 1.48. The lowest BCUT2D eigenvalue weighted by Gasteiger charge is -2.03. The molecule has 0 bridgehead atoms. The Labute approximate surface area is 113 Å². The summed E-state index contributed by atoms with van der Waals surface area (Å²) in [5, 5.41) is 0.587. The second-order valence-electron chi connectivity index (χ2n) is 3.71. The molecular weight excluding hydrogens is 302 g/mol. The van der Waals surface area contributed by atoms with Crippen LogP contribution in [0.5, 0.6) is 0 Å². The quantitative estimate of drug-likeness (QED) is 0.784. The predicted molar refractivity (Wildman–Crippen MR) is 71.6 cm³/mol. The van der Waals surface area contributed by atoms with E-state index in [9.17, 15) is 4.79 Å². The fraction of sp³-hybridized carbons (Fsp3) is 0.0769. The summed E-state index contributed by atoms with van der Waals surface area (Å²) in [4.78, 5) is 16.2. The maximum Gasteiger partial charge on any atom is 0.194 e. The maximum atomic E-state index is 12.2. The summed E-state index contributed by atoms with van der Waals surface area (Å²) in [5.74, 6) is -0.0569. The molecule has 1 heterocycles. The summed E-state index contributed by atoms with van der Waals surface area (Å²) < 4.78 is 0.714. The molecule has 0 fully saturated rings. The van der Waals surface area contributed by atoms with E-state index in [0.717, 1.165) is 5.56 Å². The highest BCUT2D eigenvalue weighted by Crippen LogP contribution is 2.24. The summed E-state index contributed by atoms with van der Waals surface area (Å²) in [6.07, 6.45) is 3.28. The van der Waals surface area contributed by atoms with Crippen LogP contribution in [0.25, 0.3) is 0 Å². The number of pyridine rings is 1. The molecule has 0 aliphatic heterocycles. The molecular formula is C13H9BrClNO. The van der Waals surface area contributed by atoms with Crippen molar-refractivity contribution in [2.75, 3.05) is 0 Å². The number of hydrogen-bond donors (Lipinski definition) is 0. The van der Waals surface area contributed by atoms with Crippen molar-refractivity contribution in [3.05, 3.63) is 62.8 Å². The summed E-state index contributed by atoms with van der Waals surface area (Å²) in [6.45, 7) is 1.90. The van der Waals surface area contributed by atoms with Crippen LogP contribution in [0.1, 0.15) is 21.5 Å². The third kappa shape index (κ3) is 2.73.